The summed E-state index contributed by atoms with van der Waals surface area (Å²) < 4.78 is 52.0. The first-order chi connectivity index (χ1) is 6.29. The van der Waals surface area contributed by atoms with Crippen molar-refractivity contribution in [1.82, 2.24) is 0 Å². The van der Waals surface area contributed by atoms with Crippen molar-refractivity contribution in [2.45, 2.75) is 6.36 Å². The van der Waals surface area contributed by atoms with Crippen LogP contribution in [0.3, 0.4) is 0 Å². The molecule has 0 saturated carbocycles. The molecule has 78 valence electrons. The Morgan fingerprint density at radius 3 is 2.29 bits per heavy atom. The highest BCUT2D eigenvalue weighted by Crippen LogP contribution is 2.33. The van der Waals surface area contributed by atoms with E-state index in [-0.39, 0.29) is 0 Å². The van der Waals surface area contributed by atoms with Crippen LogP contribution in [0.5, 0.6) is 5.75 Å². The first kappa shape index (κ1) is 11.8. The molecule has 0 aliphatic heterocycles. The molecule has 1 aromatic carbocycles. The Hall–Kier alpha value is -0.240. The van der Waals surface area contributed by atoms with Crippen molar-refractivity contribution < 1.29 is 22.3 Å². The van der Waals surface area contributed by atoms with Gasteiger partial charge in [-0.05, 0) is 34.7 Å². The lowest BCUT2D eigenvalue weighted by Crippen LogP contribution is -2.18. The van der Waals surface area contributed by atoms with Crippen molar-refractivity contribution in [2.24, 2.45) is 0 Å². The Bertz CT molecular complexity index is 329. The molecule has 7 heteroatoms. The van der Waals surface area contributed by atoms with Crippen LogP contribution in [0.1, 0.15) is 0 Å². The zero-order chi connectivity index (χ0) is 10.9. The van der Waals surface area contributed by atoms with Crippen molar-refractivity contribution >= 4 is 34.2 Å². The lowest BCUT2D eigenvalue weighted by atomic mass is 10.3. The maximum atomic E-state index is 12.9. The Balaban J connectivity index is 3.09. The van der Waals surface area contributed by atoms with E-state index in [1.807, 2.05) is 0 Å². The van der Waals surface area contributed by atoms with Gasteiger partial charge in [0.05, 0.1) is 5.02 Å². The second-order valence-corrected chi connectivity index (χ2v) is 3.90. The normalized spacial score (nSPS) is 11.6. The van der Waals surface area contributed by atoms with E-state index in [2.05, 4.69) is 4.74 Å². The zero-order valence-corrected chi connectivity index (χ0v) is 9.24. The van der Waals surface area contributed by atoms with E-state index in [0.717, 1.165) is 6.07 Å². The number of alkyl halides is 3. The van der Waals surface area contributed by atoms with E-state index < -0.39 is 23.0 Å². The van der Waals surface area contributed by atoms with Gasteiger partial charge in [-0.3, -0.25) is 0 Å². The van der Waals surface area contributed by atoms with Gasteiger partial charge in [-0.15, -0.1) is 13.2 Å². The van der Waals surface area contributed by atoms with Crippen LogP contribution in [0.25, 0.3) is 0 Å². The van der Waals surface area contributed by atoms with Gasteiger partial charge in [-0.1, -0.05) is 11.6 Å². The van der Waals surface area contributed by atoms with Crippen LogP contribution in [0.15, 0.2) is 12.1 Å². The van der Waals surface area contributed by atoms with Crippen LogP contribution in [0.2, 0.25) is 5.02 Å². The highest BCUT2D eigenvalue weighted by atomic mass is 127. The van der Waals surface area contributed by atoms with Gasteiger partial charge in [0.1, 0.15) is 0 Å². The number of benzene rings is 1. The zero-order valence-electron chi connectivity index (χ0n) is 6.33. The molecular weight excluding hydrogens is 338 g/mol. The second-order valence-electron chi connectivity index (χ2n) is 2.25. The fourth-order valence-corrected chi connectivity index (χ4v) is 1.76. The van der Waals surface area contributed by atoms with Gasteiger partial charge in [0.15, 0.2) is 11.6 Å². The lowest BCUT2D eigenvalue weighted by molar-refractivity contribution is -0.275. The summed E-state index contributed by atoms with van der Waals surface area (Å²) in [4.78, 5) is 0. The molecule has 0 bridgehead atoms. The fraction of sp³-hybridized carbons (Fsp3) is 0.143. The number of hydrogen-bond acceptors (Lipinski definition) is 1. The van der Waals surface area contributed by atoms with E-state index in [4.69, 9.17) is 11.6 Å². The van der Waals surface area contributed by atoms with Crippen molar-refractivity contribution in [1.29, 1.82) is 0 Å². The number of halogens is 6. The average Bonchev–Trinajstić information content (AvgIpc) is 1.95. The van der Waals surface area contributed by atoms with Gasteiger partial charge < -0.3 is 4.74 Å². The first-order valence-electron chi connectivity index (χ1n) is 3.20. The Kier molecular flexibility index (Phi) is 3.46. The summed E-state index contributed by atoms with van der Waals surface area (Å²) in [7, 11) is 0. The molecule has 0 aromatic heterocycles. The number of ether oxygens (including phenoxy) is 1. The summed E-state index contributed by atoms with van der Waals surface area (Å²) in [5.41, 5.74) is 0. The molecule has 14 heavy (non-hydrogen) atoms. The van der Waals surface area contributed by atoms with Gasteiger partial charge in [0, 0.05) is 3.57 Å². The second kappa shape index (κ2) is 4.09. The molecular formula is C7H2ClF4IO. The van der Waals surface area contributed by atoms with Gasteiger partial charge in [0.2, 0.25) is 0 Å². The molecule has 0 radical (unpaired) electrons. The van der Waals surface area contributed by atoms with Crippen LogP contribution in [0.4, 0.5) is 17.6 Å². The molecule has 1 nitrogen and oxygen atoms in total. The van der Waals surface area contributed by atoms with E-state index in [0.29, 0.717) is 3.57 Å². The average molecular weight is 340 g/mol. The largest absolute Gasteiger partial charge is 0.573 e. The maximum Gasteiger partial charge on any atom is 0.573 e. The molecule has 0 aliphatic carbocycles. The quantitative estimate of drug-likeness (QED) is 0.555. The highest BCUT2D eigenvalue weighted by molar-refractivity contribution is 14.1. The minimum atomic E-state index is -4.95. The summed E-state index contributed by atoms with van der Waals surface area (Å²) >= 11 is 7.09. The third-order valence-corrected chi connectivity index (χ3v) is 2.08. The first-order valence-corrected chi connectivity index (χ1v) is 4.65. The molecule has 0 spiro atoms. The number of hydrogen-bond donors (Lipinski definition) is 0. The summed E-state index contributed by atoms with van der Waals surface area (Å²) in [5, 5.41) is -0.410. The molecule has 0 saturated heterocycles. The van der Waals surface area contributed by atoms with Crippen molar-refractivity contribution in [3.63, 3.8) is 0 Å². The van der Waals surface area contributed by atoms with Crippen molar-refractivity contribution in [2.75, 3.05) is 0 Å². The van der Waals surface area contributed by atoms with Crippen LogP contribution >= 0.6 is 34.2 Å². The molecule has 1 aromatic rings. The van der Waals surface area contributed by atoms with Crippen molar-refractivity contribution in [3.05, 3.63) is 26.5 Å². The van der Waals surface area contributed by atoms with Crippen LogP contribution < -0.4 is 4.74 Å². The monoisotopic (exact) mass is 340 g/mol. The predicted molar refractivity (Wildman–Crippen MR) is 50.8 cm³/mol. The molecule has 0 heterocycles. The Labute approximate surface area is 95.1 Å². The van der Waals surface area contributed by atoms with Gasteiger partial charge >= 0.3 is 6.36 Å². The summed E-state index contributed by atoms with van der Waals surface area (Å²) in [6, 6.07) is 2.07. The highest BCUT2D eigenvalue weighted by Gasteiger charge is 2.33. The van der Waals surface area contributed by atoms with Crippen molar-refractivity contribution in [3.8, 4) is 5.75 Å². The summed E-state index contributed by atoms with van der Waals surface area (Å²) in [6.45, 7) is 0. The maximum absolute atomic E-state index is 12.9. The Morgan fingerprint density at radius 1 is 1.29 bits per heavy atom. The predicted octanol–water partition coefficient (Wildman–Crippen LogP) is 3.98. The van der Waals surface area contributed by atoms with E-state index in [1.165, 1.54) is 6.07 Å². The third kappa shape index (κ3) is 3.16. The third-order valence-electron chi connectivity index (χ3n) is 1.18. The molecule has 1 rings (SSSR count). The minimum absolute atomic E-state index is 0.389. The minimum Gasteiger partial charge on any atom is -0.401 e. The van der Waals surface area contributed by atoms with E-state index in [1.54, 1.807) is 22.6 Å². The van der Waals surface area contributed by atoms with Crippen LogP contribution in [0, 0.1) is 9.39 Å². The fourth-order valence-electron chi connectivity index (χ4n) is 0.742. The standard InChI is InChI=1S/C7H2ClF4IO/c8-4-1-3(13)2-5(9)6(4)14-7(10,11)12/h1-2H. The smallest absolute Gasteiger partial charge is 0.401 e. The van der Waals surface area contributed by atoms with E-state index >= 15 is 0 Å². The van der Waals surface area contributed by atoms with E-state index in [9.17, 15) is 17.6 Å². The SMILES string of the molecule is Fc1cc(I)cc(Cl)c1OC(F)(F)F. The van der Waals surface area contributed by atoms with Crippen LogP contribution in [-0.2, 0) is 0 Å². The summed E-state index contributed by atoms with van der Waals surface area (Å²) in [5.74, 6) is -2.14. The molecule has 0 fully saturated rings. The molecule has 0 N–H and O–H groups in total. The Morgan fingerprint density at radius 2 is 1.86 bits per heavy atom. The summed E-state index contributed by atoms with van der Waals surface area (Å²) in [6.07, 6.45) is -4.95. The molecule has 0 unspecified atom stereocenters. The van der Waals surface area contributed by atoms with Crippen LogP contribution in [-0.4, -0.2) is 6.36 Å². The van der Waals surface area contributed by atoms with Gasteiger partial charge in [-0.25, -0.2) is 4.39 Å². The van der Waals surface area contributed by atoms with Gasteiger partial charge in [-0.2, -0.15) is 0 Å². The lowest BCUT2D eigenvalue weighted by Gasteiger charge is -2.11. The number of rotatable bonds is 1. The topological polar surface area (TPSA) is 9.23 Å². The van der Waals surface area contributed by atoms with Gasteiger partial charge in [0.25, 0.3) is 0 Å². The molecule has 0 atom stereocenters. The molecule has 0 amide bonds. The molecule has 0 aliphatic rings.